The molecule has 0 unspecified atom stereocenters. The maximum Gasteiger partial charge on any atom is 0.339 e. The Morgan fingerprint density at radius 1 is 1.41 bits per heavy atom. The minimum absolute atomic E-state index is 0.303. The van der Waals surface area contributed by atoms with Crippen LogP contribution in [0.3, 0.4) is 0 Å². The number of esters is 1. The summed E-state index contributed by atoms with van der Waals surface area (Å²) in [6.45, 7) is 2.17. The van der Waals surface area contributed by atoms with Gasteiger partial charge in [0.05, 0.1) is 12.2 Å². The van der Waals surface area contributed by atoms with Crippen LogP contribution in [0.4, 0.5) is 0 Å². The molecule has 0 fully saturated rings. The molecule has 0 aliphatic heterocycles. The van der Waals surface area contributed by atoms with E-state index in [1.807, 2.05) is 30.5 Å². The largest absolute Gasteiger partial charge is 0.462 e. The molecule has 0 amide bonds. The van der Waals surface area contributed by atoms with Crippen molar-refractivity contribution in [2.45, 2.75) is 11.8 Å². The summed E-state index contributed by atoms with van der Waals surface area (Å²) in [6.07, 6.45) is 3.52. The van der Waals surface area contributed by atoms with Gasteiger partial charge in [0.25, 0.3) is 0 Å². The van der Waals surface area contributed by atoms with Crippen LogP contribution in [0, 0.1) is 0 Å². The van der Waals surface area contributed by atoms with E-state index in [-0.39, 0.29) is 5.97 Å². The van der Waals surface area contributed by atoms with Crippen LogP contribution in [0.25, 0.3) is 0 Å². The van der Waals surface area contributed by atoms with Gasteiger partial charge in [-0.15, -0.1) is 0 Å². The molecule has 0 aliphatic rings. The number of carbonyl (C=O) groups excluding carboxylic acids is 1. The van der Waals surface area contributed by atoms with Crippen LogP contribution in [0.15, 0.2) is 47.6 Å². The first-order valence-electron chi connectivity index (χ1n) is 5.25. The number of benzene rings is 1. The first kappa shape index (κ1) is 11.7. The molecule has 5 heteroatoms. The van der Waals surface area contributed by atoms with E-state index in [1.54, 1.807) is 23.3 Å². The van der Waals surface area contributed by atoms with Crippen LogP contribution in [0.2, 0.25) is 0 Å². The zero-order valence-electron chi connectivity index (χ0n) is 9.37. The van der Waals surface area contributed by atoms with E-state index in [0.717, 1.165) is 4.90 Å². The molecule has 2 rings (SSSR count). The van der Waals surface area contributed by atoms with E-state index in [1.165, 1.54) is 11.9 Å². The molecule has 0 radical (unpaired) electrons. The smallest absolute Gasteiger partial charge is 0.339 e. The number of hydrogen-bond acceptors (Lipinski definition) is 4. The molecular weight excluding hydrogens is 236 g/mol. The predicted molar refractivity (Wildman–Crippen MR) is 65.9 cm³/mol. The van der Waals surface area contributed by atoms with Gasteiger partial charge in [-0.05, 0) is 25.1 Å². The summed E-state index contributed by atoms with van der Waals surface area (Å²) in [6, 6.07) is 9.16. The maximum absolute atomic E-state index is 11.7. The van der Waals surface area contributed by atoms with Crippen LogP contribution in [0.5, 0.6) is 0 Å². The van der Waals surface area contributed by atoms with Gasteiger partial charge in [-0.1, -0.05) is 12.1 Å². The summed E-state index contributed by atoms with van der Waals surface area (Å²) in [7, 11) is 0. The summed E-state index contributed by atoms with van der Waals surface area (Å²) in [5.74, 6) is -0.303. The summed E-state index contributed by atoms with van der Waals surface area (Å²) >= 11 is 1.38. The average Bonchev–Trinajstić information content (AvgIpc) is 2.83. The third-order valence-corrected chi connectivity index (χ3v) is 3.01. The summed E-state index contributed by atoms with van der Waals surface area (Å²) in [4.78, 5) is 12.6. The SMILES string of the molecule is CCOC(=O)c1ccccc1Sn1cccn1. The van der Waals surface area contributed by atoms with E-state index in [9.17, 15) is 4.79 Å². The minimum Gasteiger partial charge on any atom is -0.462 e. The van der Waals surface area contributed by atoms with Crippen LogP contribution in [-0.2, 0) is 4.74 Å². The summed E-state index contributed by atoms with van der Waals surface area (Å²) < 4.78 is 6.70. The predicted octanol–water partition coefficient (Wildman–Crippen LogP) is 2.62. The van der Waals surface area contributed by atoms with Gasteiger partial charge >= 0.3 is 5.97 Å². The van der Waals surface area contributed by atoms with Gasteiger partial charge in [-0.25, -0.2) is 8.88 Å². The molecule has 1 aromatic heterocycles. The Hall–Kier alpha value is -1.75. The van der Waals surface area contributed by atoms with Crippen molar-refractivity contribution in [3.05, 3.63) is 48.3 Å². The number of carbonyl (C=O) groups is 1. The quantitative estimate of drug-likeness (QED) is 0.780. The Balaban J connectivity index is 2.24. The number of hydrogen-bond donors (Lipinski definition) is 0. The van der Waals surface area contributed by atoms with Crippen molar-refractivity contribution in [1.82, 2.24) is 9.19 Å². The van der Waals surface area contributed by atoms with Gasteiger partial charge in [0.2, 0.25) is 0 Å². The van der Waals surface area contributed by atoms with E-state index >= 15 is 0 Å². The molecule has 1 heterocycles. The van der Waals surface area contributed by atoms with Crippen molar-refractivity contribution in [3.63, 3.8) is 0 Å². The second-order valence-corrected chi connectivity index (χ2v) is 4.21. The van der Waals surface area contributed by atoms with Crippen molar-refractivity contribution in [2.24, 2.45) is 0 Å². The lowest BCUT2D eigenvalue weighted by Crippen LogP contribution is -2.06. The van der Waals surface area contributed by atoms with Gasteiger partial charge < -0.3 is 4.74 Å². The minimum atomic E-state index is -0.303. The molecule has 0 N–H and O–H groups in total. The first-order valence-corrected chi connectivity index (χ1v) is 6.02. The monoisotopic (exact) mass is 248 g/mol. The van der Waals surface area contributed by atoms with Crippen molar-refractivity contribution < 1.29 is 9.53 Å². The number of aromatic nitrogens is 2. The fourth-order valence-electron chi connectivity index (χ4n) is 1.33. The molecular formula is C12H12N2O2S. The Morgan fingerprint density at radius 3 is 2.94 bits per heavy atom. The highest BCUT2D eigenvalue weighted by molar-refractivity contribution is 7.97. The fourth-order valence-corrected chi connectivity index (χ4v) is 2.16. The highest BCUT2D eigenvalue weighted by atomic mass is 32.2. The molecule has 0 bridgehead atoms. The Labute approximate surface area is 104 Å². The third kappa shape index (κ3) is 2.88. The van der Waals surface area contributed by atoms with Crippen molar-refractivity contribution >= 4 is 17.9 Å². The van der Waals surface area contributed by atoms with E-state index in [2.05, 4.69) is 5.10 Å². The third-order valence-electron chi connectivity index (χ3n) is 2.05. The van der Waals surface area contributed by atoms with Gasteiger partial charge in [0.1, 0.15) is 0 Å². The Bertz CT molecular complexity index is 497. The summed E-state index contributed by atoms with van der Waals surface area (Å²) in [5.41, 5.74) is 0.565. The molecule has 0 saturated heterocycles. The fraction of sp³-hybridized carbons (Fsp3) is 0.167. The molecule has 2 aromatic rings. The van der Waals surface area contributed by atoms with Gasteiger partial charge in [-0.2, -0.15) is 5.10 Å². The Kier molecular flexibility index (Phi) is 3.82. The lowest BCUT2D eigenvalue weighted by atomic mass is 10.2. The number of nitrogens with zero attached hydrogens (tertiary/aromatic N) is 2. The molecule has 0 aliphatic carbocycles. The molecule has 17 heavy (non-hydrogen) atoms. The zero-order valence-corrected chi connectivity index (χ0v) is 10.2. The van der Waals surface area contributed by atoms with Gasteiger partial charge in [-0.3, -0.25) is 0 Å². The Morgan fingerprint density at radius 2 is 2.24 bits per heavy atom. The lowest BCUT2D eigenvalue weighted by Gasteiger charge is -2.07. The number of rotatable bonds is 4. The van der Waals surface area contributed by atoms with E-state index < -0.39 is 0 Å². The van der Waals surface area contributed by atoms with Crippen LogP contribution in [0.1, 0.15) is 17.3 Å². The molecule has 0 saturated carbocycles. The van der Waals surface area contributed by atoms with Crippen molar-refractivity contribution in [1.29, 1.82) is 0 Å². The van der Waals surface area contributed by atoms with Crippen LogP contribution in [-0.4, -0.2) is 21.8 Å². The van der Waals surface area contributed by atoms with Gasteiger partial charge in [0.15, 0.2) is 0 Å². The zero-order chi connectivity index (χ0) is 12.1. The highest BCUT2D eigenvalue weighted by Crippen LogP contribution is 2.23. The van der Waals surface area contributed by atoms with E-state index in [0.29, 0.717) is 12.2 Å². The number of ether oxygens (including phenoxy) is 1. The van der Waals surface area contributed by atoms with Crippen molar-refractivity contribution in [2.75, 3.05) is 6.61 Å². The van der Waals surface area contributed by atoms with Gasteiger partial charge in [0, 0.05) is 29.2 Å². The second-order valence-electron chi connectivity index (χ2n) is 3.22. The molecule has 1 aromatic carbocycles. The lowest BCUT2D eigenvalue weighted by molar-refractivity contribution is 0.0522. The van der Waals surface area contributed by atoms with Crippen LogP contribution >= 0.6 is 11.9 Å². The van der Waals surface area contributed by atoms with E-state index in [4.69, 9.17) is 4.74 Å². The standard InChI is InChI=1S/C12H12N2O2S/c1-2-16-12(15)10-6-3-4-7-11(10)17-14-9-5-8-13-14/h3-9H,2H2,1H3. The maximum atomic E-state index is 11.7. The highest BCUT2D eigenvalue weighted by Gasteiger charge is 2.12. The van der Waals surface area contributed by atoms with Crippen LogP contribution < -0.4 is 0 Å². The average molecular weight is 248 g/mol. The molecule has 0 atom stereocenters. The molecule has 0 spiro atoms. The molecule has 88 valence electrons. The topological polar surface area (TPSA) is 44.1 Å². The van der Waals surface area contributed by atoms with Crippen molar-refractivity contribution in [3.8, 4) is 0 Å². The normalized spacial score (nSPS) is 10.2. The first-order chi connectivity index (χ1) is 8.31. The molecule has 4 nitrogen and oxygen atoms in total. The summed E-state index contributed by atoms with van der Waals surface area (Å²) in [5, 5.41) is 4.09. The second kappa shape index (κ2) is 5.54.